The van der Waals surface area contributed by atoms with Crippen molar-refractivity contribution in [3.8, 4) is 5.75 Å². The van der Waals surface area contributed by atoms with Gasteiger partial charge in [0.1, 0.15) is 30.6 Å². The van der Waals surface area contributed by atoms with Crippen LogP contribution < -0.4 is 42.8 Å². The maximum atomic E-state index is 17.9. The molecular weight excluding hydrogens is 981 g/mol. The van der Waals surface area contributed by atoms with Gasteiger partial charge in [-0.25, -0.2) is 13.6 Å². The molecule has 11 N–H and O–H groups in total. The number of fused-ring (bicyclic) bond motifs is 7. The molecule has 21 nitrogen and oxygen atoms in total. The van der Waals surface area contributed by atoms with Crippen LogP contribution in [0.4, 0.5) is 19.3 Å². The van der Waals surface area contributed by atoms with Gasteiger partial charge in [0.2, 0.25) is 29.4 Å². The smallest absolute Gasteiger partial charge is 0.312 e. The molecule has 24 heteroatoms. The van der Waals surface area contributed by atoms with Gasteiger partial charge in [0.25, 0.3) is 10.1 Å². The number of anilines is 1. The van der Waals surface area contributed by atoms with E-state index in [0.29, 0.717) is 12.8 Å². The van der Waals surface area contributed by atoms with Crippen molar-refractivity contribution in [1.29, 1.82) is 0 Å². The SMILES string of the molecule is CCCC1O[C@@H]2C[C@H]3[C@@H]4C[C@H](F)C5=CC(=O)C=C[C@]5(C)[C@@]4(F)[C@@H](O)C[C@]3(C)[C@]2(C(=O)COc2ccc(NC(=O)[C@H](CCCNC(N)=O)NC(=O)C(NC(=O)[C@H](N)CCC(=O)NCCS(=O)(=O)O)C(C)C)cc2)O1. The van der Waals surface area contributed by atoms with E-state index in [1.807, 2.05) is 6.92 Å². The number of benzene rings is 1. The lowest BCUT2D eigenvalue weighted by Gasteiger charge is -2.63. The highest BCUT2D eigenvalue weighted by atomic mass is 32.2. The Morgan fingerprint density at radius 1 is 0.973 bits per heavy atom. The number of rotatable bonds is 23. The number of nitrogens with two attached hydrogens (primary N) is 2. The molecule has 404 valence electrons. The summed E-state index contributed by atoms with van der Waals surface area (Å²) in [5.41, 5.74) is 4.53. The normalized spacial score (nSPS) is 31.3. The van der Waals surface area contributed by atoms with Gasteiger partial charge < -0.3 is 57.4 Å². The minimum Gasteiger partial charge on any atom is -0.486 e. The fraction of sp³-hybridized carbons (Fsp3) is 0.653. The molecule has 0 bridgehead atoms. The first-order chi connectivity index (χ1) is 34.2. The van der Waals surface area contributed by atoms with Gasteiger partial charge in [0, 0.05) is 41.9 Å². The molecule has 73 heavy (non-hydrogen) atoms. The van der Waals surface area contributed by atoms with Crippen molar-refractivity contribution in [2.45, 2.75) is 146 Å². The Balaban J connectivity index is 1.11. The summed E-state index contributed by atoms with van der Waals surface area (Å²) in [5, 5.41) is 24.6. The van der Waals surface area contributed by atoms with Crippen LogP contribution in [0, 0.1) is 28.6 Å². The van der Waals surface area contributed by atoms with Gasteiger partial charge in [-0.1, -0.05) is 40.2 Å². The van der Waals surface area contributed by atoms with E-state index < -0.39 is 146 Å². The number of primary amides is 1. The molecular formula is C49H69F2N7O14S. The van der Waals surface area contributed by atoms with E-state index in [-0.39, 0.29) is 75.0 Å². The van der Waals surface area contributed by atoms with Crippen molar-refractivity contribution >= 4 is 57.0 Å². The molecule has 5 aliphatic rings. The Labute approximate surface area is 422 Å². The summed E-state index contributed by atoms with van der Waals surface area (Å²) in [4.78, 5) is 91.0. The predicted octanol–water partition coefficient (Wildman–Crippen LogP) is 1.97. The van der Waals surface area contributed by atoms with E-state index >= 15 is 8.78 Å². The molecule has 1 aliphatic heterocycles. The molecule has 6 amide bonds. The molecule has 1 saturated heterocycles. The van der Waals surface area contributed by atoms with Gasteiger partial charge in [-0.3, -0.25) is 33.3 Å². The standard InChI is InChI=1S/C49H69F2N7O14S/c1-6-8-40-71-38-23-30-31-22-33(50)32-21-28(59)16-17-46(32,4)48(31,51)36(60)24-47(30,5)49(38,72-40)37(61)25-70-29-12-10-27(11-13-29)56-43(64)35(9-7-18-55-45(53)66)57-44(65)41(26(2)3)58-42(63)34(52)14-15-39(62)54-19-20-73(67,68)69/h10-13,16-17,21,26,30-31,33-36,38,40-41,60H,6-9,14-15,18-20,22-25,52H2,1-5H3,(H,54,62)(H,56,64)(H,57,65)(H,58,63)(H3,53,55,66)(H,67,68,69)/t30-,31-,33-,34+,35-,36-,38+,40?,41?,46-,47-,48-,49+/m0/s1. The minimum atomic E-state index is -4.30. The van der Waals surface area contributed by atoms with Gasteiger partial charge in [-0.2, -0.15) is 8.42 Å². The maximum Gasteiger partial charge on any atom is 0.312 e. The number of carbonyl (C=O) groups is 7. The number of aliphatic hydroxyl groups excluding tert-OH is 1. The van der Waals surface area contributed by atoms with E-state index in [9.17, 15) is 47.1 Å². The zero-order valence-electron chi connectivity index (χ0n) is 41.6. The molecule has 1 aromatic carbocycles. The number of halogens is 2. The van der Waals surface area contributed by atoms with Crippen molar-refractivity contribution in [1.82, 2.24) is 21.3 Å². The fourth-order valence-corrected chi connectivity index (χ4v) is 12.0. The third kappa shape index (κ3) is 11.8. The van der Waals surface area contributed by atoms with Gasteiger partial charge >= 0.3 is 6.03 Å². The topological polar surface area (TPSA) is 334 Å². The first kappa shape index (κ1) is 56.9. The van der Waals surface area contributed by atoms with Crippen LogP contribution in [0.2, 0.25) is 0 Å². The van der Waals surface area contributed by atoms with Gasteiger partial charge in [0.05, 0.1) is 24.0 Å². The summed E-state index contributed by atoms with van der Waals surface area (Å²) in [5.74, 6) is -6.52. The number of ketones is 2. The summed E-state index contributed by atoms with van der Waals surface area (Å²) in [6, 6.07) is 1.50. The van der Waals surface area contributed by atoms with E-state index in [2.05, 4.69) is 26.6 Å². The minimum absolute atomic E-state index is 0.00739. The van der Waals surface area contributed by atoms with E-state index in [0.717, 1.165) is 6.08 Å². The van der Waals surface area contributed by atoms with Crippen LogP contribution in [-0.4, -0.2) is 139 Å². The van der Waals surface area contributed by atoms with Crippen LogP contribution in [0.25, 0.3) is 0 Å². The Morgan fingerprint density at radius 2 is 1.67 bits per heavy atom. The lowest BCUT2D eigenvalue weighted by molar-refractivity contribution is -0.234. The summed E-state index contributed by atoms with van der Waals surface area (Å²) >= 11 is 0. The van der Waals surface area contributed by atoms with Crippen molar-refractivity contribution in [2.24, 2.45) is 40.1 Å². The Kier molecular flexibility index (Phi) is 17.6. The third-order valence-corrected chi connectivity index (χ3v) is 16.1. The number of urea groups is 1. The molecule has 13 atom stereocenters. The van der Waals surface area contributed by atoms with Crippen LogP contribution in [0.1, 0.15) is 92.4 Å². The highest BCUT2D eigenvalue weighted by molar-refractivity contribution is 7.85. The molecule has 1 heterocycles. The van der Waals surface area contributed by atoms with Crippen LogP contribution in [-0.2, 0) is 48.4 Å². The number of amides is 6. The number of aliphatic hydroxyl groups is 1. The fourth-order valence-electron chi connectivity index (χ4n) is 11.7. The molecule has 4 fully saturated rings. The van der Waals surface area contributed by atoms with Crippen LogP contribution in [0.3, 0.4) is 0 Å². The summed E-state index contributed by atoms with van der Waals surface area (Å²) in [7, 11) is -4.30. The molecule has 1 aromatic rings. The lowest BCUT2D eigenvalue weighted by Crippen LogP contribution is -2.71. The summed E-state index contributed by atoms with van der Waals surface area (Å²) in [6.45, 7) is 7.67. The van der Waals surface area contributed by atoms with E-state index in [1.165, 1.54) is 43.3 Å². The highest BCUT2D eigenvalue weighted by Gasteiger charge is 2.80. The van der Waals surface area contributed by atoms with Gasteiger partial charge in [-0.15, -0.1) is 0 Å². The average Bonchev–Trinajstić information content (AvgIpc) is 3.80. The molecule has 4 aliphatic carbocycles. The first-order valence-corrected chi connectivity index (χ1v) is 26.3. The van der Waals surface area contributed by atoms with E-state index in [1.54, 1.807) is 20.8 Å². The molecule has 0 radical (unpaired) electrons. The van der Waals surface area contributed by atoms with Gasteiger partial charge in [0.15, 0.2) is 23.3 Å². The number of alkyl halides is 2. The summed E-state index contributed by atoms with van der Waals surface area (Å²) in [6.07, 6.45) is -0.790. The van der Waals surface area contributed by atoms with E-state index in [4.69, 9.17) is 30.2 Å². The lowest BCUT2D eigenvalue weighted by atomic mass is 9.44. The number of allylic oxidation sites excluding steroid dienone is 4. The average molecular weight is 1050 g/mol. The first-order valence-electron chi connectivity index (χ1n) is 24.7. The molecule has 3 saturated carbocycles. The molecule has 2 unspecified atom stereocenters. The van der Waals surface area contributed by atoms with Gasteiger partial charge in [-0.05, 0) is 106 Å². The number of Topliss-reactive ketones (excluding diaryl/α,β-unsaturated/α-hetero) is 1. The largest absolute Gasteiger partial charge is 0.486 e. The van der Waals surface area contributed by atoms with Crippen LogP contribution >= 0.6 is 0 Å². The second-order valence-corrected chi connectivity index (χ2v) is 22.1. The number of nitrogens with one attached hydrogen (secondary N) is 5. The Hall–Kier alpha value is -5.40. The van der Waals surface area contributed by atoms with Crippen LogP contribution in [0.15, 0.2) is 48.1 Å². The Morgan fingerprint density at radius 3 is 2.32 bits per heavy atom. The van der Waals surface area contributed by atoms with Crippen molar-refractivity contribution in [3.05, 3.63) is 48.1 Å². The monoisotopic (exact) mass is 1050 g/mol. The predicted molar refractivity (Wildman–Crippen MR) is 259 cm³/mol. The number of ether oxygens (including phenoxy) is 3. The van der Waals surface area contributed by atoms with Crippen LogP contribution in [0.5, 0.6) is 5.75 Å². The number of hydrogen-bond acceptors (Lipinski definition) is 14. The number of hydrogen-bond donors (Lipinski definition) is 9. The van der Waals surface area contributed by atoms with Crippen molar-refractivity contribution in [3.63, 3.8) is 0 Å². The zero-order valence-corrected chi connectivity index (χ0v) is 42.4. The second kappa shape index (κ2) is 22.6. The highest BCUT2D eigenvalue weighted by Crippen LogP contribution is 2.72. The number of carbonyl (C=O) groups excluding carboxylic acids is 7. The third-order valence-electron chi connectivity index (χ3n) is 15.4. The second-order valence-electron chi connectivity index (χ2n) is 20.5. The summed E-state index contributed by atoms with van der Waals surface area (Å²) < 4.78 is 83.7. The maximum absolute atomic E-state index is 17.9. The molecule has 6 rings (SSSR count). The zero-order chi connectivity index (χ0) is 53.8. The quantitative estimate of drug-likeness (QED) is 0.0559. The van der Waals surface area contributed by atoms with Crippen molar-refractivity contribution in [2.75, 3.05) is 30.8 Å². The molecule has 0 aromatic heterocycles. The Bertz CT molecular complexity index is 2460. The molecule has 0 spiro atoms. The van der Waals surface area contributed by atoms with Crippen molar-refractivity contribution < 1.29 is 74.6 Å².